The molecule has 0 aliphatic heterocycles. The molecule has 0 aliphatic rings. The Morgan fingerprint density at radius 2 is 2.05 bits per heavy atom. The normalized spacial score (nSPS) is 11.7. The zero-order chi connectivity index (χ0) is 15.6. The van der Waals surface area contributed by atoms with Crippen LogP contribution in [0.25, 0.3) is 5.69 Å². The van der Waals surface area contributed by atoms with Gasteiger partial charge < -0.3 is 5.32 Å². The lowest BCUT2D eigenvalue weighted by atomic mass is 10.2. The first kappa shape index (κ1) is 15.3. The number of carbonyl (C=O) groups excluding carboxylic acids is 1. The van der Waals surface area contributed by atoms with Gasteiger partial charge in [-0.3, -0.25) is 4.79 Å². The van der Waals surface area contributed by atoms with E-state index in [1.165, 1.54) is 35.3 Å². The van der Waals surface area contributed by atoms with Crippen molar-refractivity contribution in [1.82, 2.24) is 9.78 Å². The number of anilines is 1. The minimum absolute atomic E-state index is 0.0996. The second-order valence-electron chi connectivity index (χ2n) is 3.96. The van der Waals surface area contributed by atoms with E-state index in [0.29, 0.717) is 0 Å². The lowest BCUT2D eigenvalue weighted by Gasteiger charge is -2.17. The predicted molar refractivity (Wildman–Crippen MR) is 68.2 cm³/mol. The predicted octanol–water partition coefficient (Wildman–Crippen LogP) is 3.36. The van der Waals surface area contributed by atoms with E-state index in [9.17, 15) is 22.4 Å². The van der Waals surface area contributed by atoms with Crippen molar-refractivity contribution in [3.8, 4) is 5.69 Å². The van der Waals surface area contributed by atoms with E-state index in [2.05, 4.69) is 5.10 Å². The highest BCUT2D eigenvalue weighted by Gasteiger charge is 2.49. The van der Waals surface area contributed by atoms with E-state index in [0.717, 1.165) is 0 Å². The maximum Gasteiger partial charge on any atom is 0.383 e. The maximum atomic E-state index is 13.0. The molecule has 2 rings (SSSR count). The SMILES string of the molecule is O=C(Nc1cccc(Cl)c1-n1cccn1)C(F)(F)C(F)F. The van der Waals surface area contributed by atoms with Gasteiger partial charge >= 0.3 is 18.3 Å². The highest BCUT2D eigenvalue weighted by molar-refractivity contribution is 6.33. The molecule has 21 heavy (non-hydrogen) atoms. The highest BCUT2D eigenvalue weighted by Crippen LogP contribution is 2.30. The van der Waals surface area contributed by atoms with Gasteiger partial charge in [-0.2, -0.15) is 13.9 Å². The Balaban J connectivity index is 2.38. The molecule has 2 aromatic rings. The number of rotatable bonds is 4. The molecular formula is C12H8ClF4N3O. The van der Waals surface area contributed by atoms with Gasteiger partial charge in [-0.1, -0.05) is 17.7 Å². The van der Waals surface area contributed by atoms with Crippen molar-refractivity contribution in [2.75, 3.05) is 5.32 Å². The summed E-state index contributed by atoms with van der Waals surface area (Å²) in [6.07, 6.45) is -1.24. The summed E-state index contributed by atoms with van der Waals surface area (Å²) in [7, 11) is 0. The molecule has 1 aromatic heterocycles. The first-order valence-corrected chi connectivity index (χ1v) is 5.97. The van der Waals surface area contributed by atoms with Crippen LogP contribution < -0.4 is 5.32 Å². The average molecular weight is 322 g/mol. The van der Waals surface area contributed by atoms with Crippen LogP contribution in [-0.4, -0.2) is 28.0 Å². The minimum atomic E-state index is -4.80. The Kier molecular flexibility index (Phi) is 4.17. The summed E-state index contributed by atoms with van der Waals surface area (Å²) in [4.78, 5) is 11.3. The molecule has 0 aliphatic carbocycles. The number of carbonyl (C=O) groups is 1. The van der Waals surface area contributed by atoms with Crippen LogP contribution in [0.15, 0.2) is 36.7 Å². The second kappa shape index (κ2) is 5.72. The van der Waals surface area contributed by atoms with Crippen molar-refractivity contribution in [1.29, 1.82) is 0 Å². The van der Waals surface area contributed by atoms with Crippen molar-refractivity contribution in [3.05, 3.63) is 41.7 Å². The van der Waals surface area contributed by atoms with E-state index >= 15 is 0 Å². The Morgan fingerprint density at radius 1 is 1.33 bits per heavy atom. The van der Waals surface area contributed by atoms with E-state index in [-0.39, 0.29) is 16.4 Å². The van der Waals surface area contributed by atoms with Gasteiger partial charge in [0.2, 0.25) is 0 Å². The molecule has 112 valence electrons. The molecule has 0 spiro atoms. The molecule has 0 radical (unpaired) electrons. The average Bonchev–Trinajstić information content (AvgIpc) is 2.92. The molecule has 0 atom stereocenters. The van der Waals surface area contributed by atoms with Gasteiger partial charge in [-0.05, 0) is 18.2 Å². The fourth-order valence-electron chi connectivity index (χ4n) is 1.55. The monoisotopic (exact) mass is 321 g/mol. The number of para-hydroxylation sites is 1. The molecule has 0 bridgehead atoms. The van der Waals surface area contributed by atoms with Gasteiger partial charge in [-0.25, -0.2) is 13.5 Å². The Labute approximate surface area is 121 Å². The van der Waals surface area contributed by atoms with Crippen LogP contribution in [0.1, 0.15) is 0 Å². The van der Waals surface area contributed by atoms with E-state index in [4.69, 9.17) is 11.6 Å². The number of halogens is 5. The van der Waals surface area contributed by atoms with Crippen molar-refractivity contribution in [2.24, 2.45) is 0 Å². The van der Waals surface area contributed by atoms with Crippen molar-refractivity contribution in [3.63, 3.8) is 0 Å². The van der Waals surface area contributed by atoms with Gasteiger partial charge in [0.25, 0.3) is 0 Å². The number of hydrogen-bond donors (Lipinski definition) is 1. The van der Waals surface area contributed by atoms with Crippen molar-refractivity contribution in [2.45, 2.75) is 12.3 Å². The van der Waals surface area contributed by atoms with Gasteiger partial charge in [0, 0.05) is 12.4 Å². The molecule has 1 heterocycles. The lowest BCUT2D eigenvalue weighted by molar-refractivity contribution is -0.163. The van der Waals surface area contributed by atoms with E-state index in [1.807, 2.05) is 0 Å². The summed E-state index contributed by atoms with van der Waals surface area (Å²) in [6.45, 7) is 0. The molecule has 0 fully saturated rings. The molecule has 0 saturated carbocycles. The Bertz CT molecular complexity index is 646. The topological polar surface area (TPSA) is 46.9 Å². The van der Waals surface area contributed by atoms with Crippen LogP contribution in [0, 0.1) is 0 Å². The van der Waals surface area contributed by atoms with Crippen LogP contribution in [0.2, 0.25) is 5.02 Å². The summed E-state index contributed by atoms with van der Waals surface area (Å²) < 4.78 is 51.5. The molecule has 9 heteroatoms. The zero-order valence-corrected chi connectivity index (χ0v) is 11.0. The molecule has 0 saturated heterocycles. The summed E-state index contributed by atoms with van der Waals surface area (Å²) >= 11 is 5.93. The lowest BCUT2D eigenvalue weighted by Crippen LogP contribution is -2.41. The van der Waals surface area contributed by atoms with E-state index < -0.39 is 18.3 Å². The number of nitrogens with one attached hydrogen (secondary N) is 1. The fourth-order valence-corrected chi connectivity index (χ4v) is 1.82. The number of benzene rings is 1. The third kappa shape index (κ3) is 2.99. The molecule has 0 unspecified atom stereocenters. The Morgan fingerprint density at radius 3 is 2.62 bits per heavy atom. The number of aromatic nitrogens is 2. The summed E-state index contributed by atoms with van der Waals surface area (Å²) in [6, 6.07) is 5.62. The third-order valence-electron chi connectivity index (χ3n) is 2.55. The molecular weight excluding hydrogens is 314 g/mol. The molecule has 1 N–H and O–H groups in total. The number of nitrogens with zero attached hydrogens (tertiary/aromatic N) is 2. The maximum absolute atomic E-state index is 13.0. The summed E-state index contributed by atoms with van der Waals surface area (Å²) in [5.74, 6) is -6.92. The van der Waals surface area contributed by atoms with Crippen LogP contribution in [0.3, 0.4) is 0 Å². The first-order valence-electron chi connectivity index (χ1n) is 5.60. The highest BCUT2D eigenvalue weighted by atomic mass is 35.5. The van der Waals surface area contributed by atoms with Crippen LogP contribution in [0.4, 0.5) is 23.2 Å². The fraction of sp³-hybridized carbons (Fsp3) is 0.167. The number of amides is 1. The smallest absolute Gasteiger partial charge is 0.319 e. The molecule has 1 amide bonds. The molecule has 1 aromatic carbocycles. The van der Waals surface area contributed by atoms with Crippen molar-refractivity contribution < 1.29 is 22.4 Å². The van der Waals surface area contributed by atoms with Gasteiger partial charge in [0.15, 0.2) is 0 Å². The molecule has 4 nitrogen and oxygen atoms in total. The number of hydrogen-bond acceptors (Lipinski definition) is 2. The number of alkyl halides is 4. The van der Waals surface area contributed by atoms with Gasteiger partial charge in [0.1, 0.15) is 5.69 Å². The summed E-state index contributed by atoms with van der Waals surface area (Å²) in [5, 5.41) is 5.71. The first-order chi connectivity index (χ1) is 9.84. The van der Waals surface area contributed by atoms with Crippen LogP contribution >= 0.6 is 11.6 Å². The van der Waals surface area contributed by atoms with Crippen LogP contribution in [0.5, 0.6) is 0 Å². The third-order valence-corrected chi connectivity index (χ3v) is 2.85. The standard InChI is InChI=1S/C12H8ClF4N3O/c13-7-3-1-4-8(9(7)20-6-2-5-18-20)19-11(21)12(16,17)10(14)15/h1-6,10H,(H,19,21). The van der Waals surface area contributed by atoms with Crippen molar-refractivity contribution >= 4 is 23.2 Å². The Hall–Kier alpha value is -2.09. The zero-order valence-electron chi connectivity index (χ0n) is 10.2. The second-order valence-corrected chi connectivity index (χ2v) is 4.37. The largest absolute Gasteiger partial charge is 0.383 e. The quantitative estimate of drug-likeness (QED) is 0.878. The summed E-state index contributed by atoms with van der Waals surface area (Å²) in [5.41, 5.74) is -0.0564. The van der Waals surface area contributed by atoms with Gasteiger partial charge in [-0.15, -0.1) is 0 Å². The van der Waals surface area contributed by atoms with E-state index in [1.54, 1.807) is 11.4 Å². The minimum Gasteiger partial charge on any atom is -0.319 e. The van der Waals surface area contributed by atoms with Gasteiger partial charge in [0.05, 0.1) is 10.7 Å². The van der Waals surface area contributed by atoms with Crippen LogP contribution in [-0.2, 0) is 4.79 Å².